The van der Waals surface area contributed by atoms with E-state index in [1.165, 1.54) is 0 Å². The second kappa shape index (κ2) is 21.2. The monoisotopic (exact) mass is 817 g/mol. The minimum absolute atomic E-state index is 0.163. The number of aryl methyl sites for hydroxylation is 3. The van der Waals surface area contributed by atoms with E-state index in [2.05, 4.69) is 72.8 Å². The molecule has 0 spiro atoms. The Balaban J connectivity index is 1.47. The van der Waals surface area contributed by atoms with E-state index < -0.39 is 29.9 Å². The summed E-state index contributed by atoms with van der Waals surface area (Å²) < 4.78 is -1.29. The van der Waals surface area contributed by atoms with Gasteiger partial charge in [0.05, 0.1) is 0 Å². The number of rotatable bonds is 21. The van der Waals surface area contributed by atoms with Crippen LogP contribution in [0.5, 0.6) is 0 Å². The molecule has 0 aliphatic heterocycles. The first kappa shape index (κ1) is 39.7. The van der Waals surface area contributed by atoms with Crippen molar-refractivity contribution < 1.29 is 31.1 Å². The number of hydrogen-bond acceptors (Lipinski definition) is 3. The first-order valence-electron chi connectivity index (χ1n) is 19.4. The van der Waals surface area contributed by atoms with E-state index >= 15 is 14.4 Å². The number of hydrogen-bond donors (Lipinski definition) is 0. The molecule has 6 aromatic carbocycles. The van der Waals surface area contributed by atoms with Gasteiger partial charge in [0.25, 0.3) is 0 Å². The fourth-order valence-electron chi connectivity index (χ4n) is 6.98. The van der Waals surface area contributed by atoms with Crippen LogP contribution in [0.3, 0.4) is 0 Å². The molecule has 3 unspecified atom stereocenters. The van der Waals surface area contributed by atoms with E-state index in [0.29, 0.717) is 57.8 Å². The molecule has 0 heterocycles. The Morgan fingerprint density at radius 3 is 0.727 bits per heavy atom. The van der Waals surface area contributed by atoms with Crippen LogP contribution in [0.2, 0.25) is 13.2 Å². The predicted octanol–water partition coefficient (Wildman–Crippen LogP) is 11.3. The number of Topliss-reactive ketones (excluding diaryl/α,β-unsaturated/α-hetero) is 3. The number of benzene rings is 6. The molecule has 3 nitrogen and oxygen atoms in total. The fraction of sp³-hybridized carbons (Fsp3) is 0.235. The summed E-state index contributed by atoms with van der Waals surface area (Å²) in [5.74, 6) is 0.490. The van der Waals surface area contributed by atoms with E-state index in [4.69, 9.17) is 0 Å². The van der Waals surface area contributed by atoms with Gasteiger partial charge in [-0.3, -0.25) is 0 Å². The summed E-state index contributed by atoms with van der Waals surface area (Å²) in [6.45, 7) is 0. The van der Waals surface area contributed by atoms with Crippen LogP contribution in [-0.2, 0) is 69.7 Å². The van der Waals surface area contributed by atoms with E-state index in [9.17, 15) is 0 Å². The Morgan fingerprint density at radius 1 is 0.309 bits per heavy atom. The van der Waals surface area contributed by atoms with Crippen LogP contribution in [-0.4, -0.2) is 17.3 Å². The Hall–Kier alpha value is -5.01. The van der Waals surface area contributed by atoms with Crippen molar-refractivity contribution in [2.45, 2.75) is 71.0 Å². The van der Waals surface area contributed by atoms with E-state index in [1.54, 1.807) is 0 Å². The molecule has 6 rings (SSSR count). The molecular weight excluding hydrogens is 767 g/mol. The average molecular weight is 818 g/mol. The Bertz CT molecular complexity index is 1790. The van der Waals surface area contributed by atoms with Gasteiger partial charge in [-0.05, 0) is 0 Å². The van der Waals surface area contributed by atoms with Crippen molar-refractivity contribution in [1.82, 2.24) is 0 Å². The van der Waals surface area contributed by atoms with Gasteiger partial charge in [0.1, 0.15) is 0 Å². The normalized spacial score (nSPS) is 13.0. The van der Waals surface area contributed by atoms with Gasteiger partial charge < -0.3 is 0 Å². The molecule has 3 atom stereocenters. The summed E-state index contributed by atoms with van der Waals surface area (Å²) in [5.41, 5.74) is 6.55. The van der Waals surface area contributed by atoms with Gasteiger partial charge >= 0.3 is 335 Å². The summed E-state index contributed by atoms with van der Waals surface area (Å²) in [6, 6.07) is 61.2. The number of carbonyl (C=O) groups is 3. The molecule has 0 bridgehead atoms. The van der Waals surface area contributed by atoms with E-state index in [0.717, 1.165) is 33.4 Å². The molecule has 6 aromatic rings. The van der Waals surface area contributed by atoms with E-state index in [1.807, 2.05) is 109 Å². The third-order valence-electron chi connectivity index (χ3n) is 10.00. The Labute approximate surface area is 333 Å². The molecule has 0 amide bonds. The van der Waals surface area contributed by atoms with Crippen molar-refractivity contribution in [3.63, 3.8) is 0 Å². The van der Waals surface area contributed by atoms with Crippen molar-refractivity contribution >= 4 is 17.3 Å². The van der Waals surface area contributed by atoms with Crippen molar-refractivity contribution in [3.8, 4) is 0 Å². The molecule has 0 saturated heterocycles. The fourth-order valence-corrected chi connectivity index (χ4v) is 13.8. The maximum atomic E-state index is 15.1. The van der Waals surface area contributed by atoms with Crippen LogP contribution in [0, 0.1) is 0 Å². The molecule has 0 aliphatic carbocycles. The zero-order valence-corrected chi connectivity index (χ0v) is 33.0. The van der Waals surface area contributed by atoms with Crippen molar-refractivity contribution in [2.75, 3.05) is 0 Å². The van der Waals surface area contributed by atoms with Gasteiger partial charge in [-0.2, -0.15) is 0 Å². The van der Waals surface area contributed by atoms with Gasteiger partial charge in [-0.1, -0.05) is 0 Å². The molecule has 4 heteroatoms. The van der Waals surface area contributed by atoms with Gasteiger partial charge in [-0.15, -0.1) is 0 Å². The molecule has 0 N–H and O–H groups in total. The van der Waals surface area contributed by atoms with Crippen LogP contribution < -0.4 is 0 Å². The quantitative estimate of drug-likeness (QED) is 0.0680. The van der Waals surface area contributed by atoms with Crippen LogP contribution in [0.25, 0.3) is 0 Å². The first-order chi connectivity index (χ1) is 27.0. The zero-order valence-electron chi connectivity index (χ0n) is 31.5. The van der Waals surface area contributed by atoms with Gasteiger partial charge in [0.15, 0.2) is 0 Å². The van der Waals surface area contributed by atoms with Crippen LogP contribution in [0.15, 0.2) is 182 Å². The van der Waals surface area contributed by atoms with Gasteiger partial charge in [0.2, 0.25) is 0 Å². The topological polar surface area (TPSA) is 51.2 Å². The van der Waals surface area contributed by atoms with Crippen LogP contribution >= 0.6 is 0 Å². The molecule has 0 radical (unpaired) electrons. The Kier molecular flexibility index (Phi) is 15.3. The molecule has 0 saturated carbocycles. The maximum absolute atomic E-state index is 15.1. The molecule has 0 fully saturated rings. The summed E-state index contributed by atoms with van der Waals surface area (Å²) in [4.78, 5) is 45.3. The number of ketones is 3. The molecular formula is C51H51O3Pd. The summed E-state index contributed by atoms with van der Waals surface area (Å²) >= 11 is -2.34. The average Bonchev–Trinajstić information content (AvgIpc) is 3.25. The first-order valence-corrected chi connectivity index (χ1v) is 22.1. The van der Waals surface area contributed by atoms with Crippen molar-refractivity contribution in [3.05, 3.63) is 215 Å². The second-order valence-corrected chi connectivity index (χ2v) is 18.8. The van der Waals surface area contributed by atoms with Gasteiger partial charge in [0, 0.05) is 0 Å². The van der Waals surface area contributed by atoms with Crippen LogP contribution in [0.1, 0.15) is 52.6 Å². The zero-order chi connectivity index (χ0) is 38.1. The van der Waals surface area contributed by atoms with Crippen molar-refractivity contribution in [1.29, 1.82) is 0 Å². The van der Waals surface area contributed by atoms with Crippen molar-refractivity contribution in [2.24, 2.45) is 0 Å². The third kappa shape index (κ3) is 12.2. The Morgan fingerprint density at radius 2 is 0.509 bits per heavy atom. The molecule has 283 valence electrons. The predicted molar refractivity (Wildman–Crippen MR) is 221 cm³/mol. The van der Waals surface area contributed by atoms with E-state index in [-0.39, 0.29) is 17.3 Å². The van der Waals surface area contributed by atoms with Gasteiger partial charge in [-0.25, -0.2) is 0 Å². The molecule has 0 aliphatic rings. The SMILES string of the molecule is O=C(CCc1ccccc1)[CH](Cc1ccccc1)[Pd]([CH](Cc1ccccc1)C(=O)CCc1ccccc1)[CH](Cc1ccccc1)C(=O)CCc1ccccc1. The minimum atomic E-state index is -2.34. The standard InChI is InChI=1S/3C17H17O.Pd/c3*18-17(13-11-15-7-3-1-4-8-15)14-12-16-9-5-2-6-10-16;/h3*1-10,13H,11-12,14H2;. The summed E-state index contributed by atoms with van der Waals surface area (Å²) in [7, 11) is 0. The van der Waals surface area contributed by atoms with Crippen LogP contribution in [0.4, 0.5) is 0 Å². The molecule has 0 aromatic heterocycles. The number of carbonyl (C=O) groups excluding carboxylic acids is 3. The molecule has 55 heavy (non-hydrogen) atoms. The second-order valence-electron chi connectivity index (χ2n) is 14.0. The summed E-state index contributed by atoms with van der Waals surface area (Å²) in [6.07, 6.45) is 4.53. The third-order valence-corrected chi connectivity index (χ3v) is 16.2. The summed E-state index contributed by atoms with van der Waals surface area (Å²) in [5, 5.41) is 0.